The SMILES string of the molecule is CCCCOc1cncc(CNC2CC2)n1. The predicted octanol–water partition coefficient (Wildman–Crippen LogP) is 1.91. The molecule has 4 heteroatoms. The molecule has 0 amide bonds. The average molecular weight is 221 g/mol. The summed E-state index contributed by atoms with van der Waals surface area (Å²) in [7, 11) is 0. The van der Waals surface area contributed by atoms with Crippen LogP contribution in [-0.2, 0) is 6.54 Å². The highest BCUT2D eigenvalue weighted by Crippen LogP contribution is 2.19. The van der Waals surface area contributed by atoms with E-state index in [0.29, 0.717) is 11.9 Å². The lowest BCUT2D eigenvalue weighted by atomic mass is 10.4. The van der Waals surface area contributed by atoms with Gasteiger partial charge in [0.15, 0.2) is 0 Å². The summed E-state index contributed by atoms with van der Waals surface area (Å²) in [5.41, 5.74) is 0.959. The molecule has 1 saturated carbocycles. The van der Waals surface area contributed by atoms with Crippen LogP contribution in [-0.4, -0.2) is 22.6 Å². The molecule has 2 rings (SSSR count). The number of ether oxygens (including phenoxy) is 1. The Kier molecular flexibility index (Phi) is 4.10. The second-order valence-corrected chi connectivity index (χ2v) is 4.21. The molecule has 0 aliphatic heterocycles. The highest BCUT2D eigenvalue weighted by molar-refractivity contribution is 5.08. The third kappa shape index (κ3) is 3.77. The van der Waals surface area contributed by atoms with Crippen molar-refractivity contribution in [2.24, 2.45) is 0 Å². The van der Waals surface area contributed by atoms with Crippen molar-refractivity contribution in [2.75, 3.05) is 6.61 Å². The fourth-order valence-electron chi connectivity index (χ4n) is 1.40. The van der Waals surface area contributed by atoms with Gasteiger partial charge in [0.1, 0.15) is 0 Å². The summed E-state index contributed by atoms with van der Waals surface area (Å²) in [5, 5.41) is 3.41. The molecule has 1 aliphatic rings. The molecule has 1 aromatic rings. The van der Waals surface area contributed by atoms with E-state index < -0.39 is 0 Å². The Hall–Kier alpha value is -1.16. The maximum Gasteiger partial charge on any atom is 0.232 e. The van der Waals surface area contributed by atoms with Crippen LogP contribution in [0.1, 0.15) is 38.3 Å². The number of rotatable bonds is 7. The molecular formula is C12H19N3O. The van der Waals surface area contributed by atoms with Crippen LogP contribution in [0.3, 0.4) is 0 Å². The van der Waals surface area contributed by atoms with E-state index in [9.17, 15) is 0 Å². The number of nitrogens with zero attached hydrogens (tertiary/aromatic N) is 2. The lowest BCUT2D eigenvalue weighted by Gasteiger charge is -2.06. The van der Waals surface area contributed by atoms with Gasteiger partial charge < -0.3 is 10.1 Å². The summed E-state index contributed by atoms with van der Waals surface area (Å²) in [5.74, 6) is 0.642. The minimum absolute atomic E-state index is 0.642. The molecule has 1 aromatic heterocycles. The highest BCUT2D eigenvalue weighted by atomic mass is 16.5. The van der Waals surface area contributed by atoms with Gasteiger partial charge in [-0.1, -0.05) is 13.3 Å². The third-order valence-electron chi connectivity index (χ3n) is 2.56. The summed E-state index contributed by atoms with van der Waals surface area (Å²) in [6, 6.07) is 0.700. The van der Waals surface area contributed by atoms with Crippen molar-refractivity contribution in [3.63, 3.8) is 0 Å². The fraction of sp³-hybridized carbons (Fsp3) is 0.667. The molecule has 1 fully saturated rings. The van der Waals surface area contributed by atoms with Gasteiger partial charge in [-0.25, -0.2) is 4.98 Å². The Morgan fingerprint density at radius 2 is 2.31 bits per heavy atom. The largest absolute Gasteiger partial charge is 0.477 e. The molecule has 88 valence electrons. The Morgan fingerprint density at radius 3 is 3.06 bits per heavy atom. The van der Waals surface area contributed by atoms with Crippen LogP contribution < -0.4 is 10.1 Å². The summed E-state index contributed by atoms with van der Waals surface area (Å²) in [4.78, 5) is 8.53. The molecule has 0 spiro atoms. The van der Waals surface area contributed by atoms with Crippen molar-refractivity contribution in [1.29, 1.82) is 0 Å². The Morgan fingerprint density at radius 1 is 1.44 bits per heavy atom. The molecule has 0 aromatic carbocycles. The van der Waals surface area contributed by atoms with E-state index in [1.165, 1.54) is 12.8 Å². The van der Waals surface area contributed by atoms with Crippen molar-refractivity contribution in [1.82, 2.24) is 15.3 Å². The summed E-state index contributed by atoms with van der Waals surface area (Å²) in [6.07, 6.45) is 8.25. The van der Waals surface area contributed by atoms with Crippen LogP contribution in [0, 0.1) is 0 Å². The normalized spacial score (nSPS) is 15.1. The second-order valence-electron chi connectivity index (χ2n) is 4.21. The molecule has 16 heavy (non-hydrogen) atoms. The summed E-state index contributed by atoms with van der Waals surface area (Å²) >= 11 is 0. The van der Waals surface area contributed by atoms with E-state index in [4.69, 9.17) is 4.74 Å². The highest BCUT2D eigenvalue weighted by Gasteiger charge is 2.20. The zero-order chi connectivity index (χ0) is 11.2. The van der Waals surface area contributed by atoms with Gasteiger partial charge in [0.25, 0.3) is 0 Å². The second kappa shape index (κ2) is 5.80. The van der Waals surface area contributed by atoms with Crippen molar-refractivity contribution in [3.05, 3.63) is 18.1 Å². The van der Waals surface area contributed by atoms with E-state index in [0.717, 1.165) is 31.7 Å². The van der Waals surface area contributed by atoms with Gasteiger partial charge in [-0.15, -0.1) is 0 Å². The number of nitrogens with one attached hydrogen (secondary N) is 1. The molecule has 0 atom stereocenters. The van der Waals surface area contributed by atoms with Gasteiger partial charge in [-0.2, -0.15) is 0 Å². The minimum atomic E-state index is 0.642. The molecule has 1 N–H and O–H groups in total. The van der Waals surface area contributed by atoms with E-state index in [2.05, 4.69) is 22.2 Å². The van der Waals surface area contributed by atoms with Gasteiger partial charge in [0.2, 0.25) is 5.88 Å². The number of hydrogen-bond acceptors (Lipinski definition) is 4. The van der Waals surface area contributed by atoms with Crippen molar-refractivity contribution in [3.8, 4) is 5.88 Å². The zero-order valence-corrected chi connectivity index (χ0v) is 9.78. The van der Waals surface area contributed by atoms with Gasteiger partial charge in [-0.3, -0.25) is 4.98 Å². The van der Waals surface area contributed by atoms with Gasteiger partial charge in [0, 0.05) is 18.8 Å². The number of unbranched alkanes of at least 4 members (excludes halogenated alkanes) is 1. The average Bonchev–Trinajstić information content (AvgIpc) is 3.11. The van der Waals surface area contributed by atoms with Crippen LogP contribution in [0.15, 0.2) is 12.4 Å². The van der Waals surface area contributed by atoms with Gasteiger partial charge >= 0.3 is 0 Å². The van der Waals surface area contributed by atoms with Crippen LogP contribution in [0.5, 0.6) is 5.88 Å². The summed E-state index contributed by atoms with van der Waals surface area (Å²) in [6.45, 7) is 3.67. The lowest BCUT2D eigenvalue weighted by molar-refractivity contribution is 0.295. The molecule has 0 bridgehead atoms. The van der Waals surface area contributed by atoms with Crippen LogP contribution in [0.4, 0.5) is 0 Å². The van der Waals surface area contributed by atoms with Gasteiger partial charge in [-0.05, 0) is 19.3 Å². The predicted molar refractivity (Wildman–Crippen MR) is 62.3 cm³/mol. The molecular weight excluding hydrogens is 202 g/mol. The molecule has 0 saturated heterocycles. The standard InChI is InChI=1S/C12H19N3O/c1-2-3-6-16-12-9-13-7-11(15-12)8-14-10-4-5-10/h7,9-10,14H,2-6,8H2,1H3. The Balaban J connectivity index is 1.80. The van der Waals surface area contributed by atoms with E-state index in [1.54, 1.807) is 12.4 Å². The molecule has 1 heterocycles. The summed E-state index contributed by atoms with van der Waals surface area (Å²) < 4.78 is 5.51. The molecule has 0 radical (unpaired) electrons. The number of hydrogen-bond donors (Lipinski definition) is 1. The Bertz CT molecular complexity index is 326. The maximum absolute atomic E-state index is 5.51. The van der Waals surface area contributed by atoms with Crippen molar-refractivity contribution in [2.45, 2.75) is 45.2 Å². The molecule has 4 nitrogen and oxygen atoms in total. The lowest BCUT2D eigenvalue weighted by Crippen LogP contribution is -2.16. The first-order valence-corrected chi connectivity index (χ1v) is 6.05. The van der Waals surface area contributed by atoms with Crippen LogP contribution in [0.25, 0.3) is 0 Å². The topological polar surface area (TPSA) is 47.0 Å². The first-order valence-electron chi connectivity index (χ1n) is 6.05. The van der Waals surface area contributed by atoms with Crippen molar-refractivity contribution >= 4 is 0 Å². The minimum Gasteiger partial charge on any atom is -0.477 e. The van der Waals surface area contributed by atoms with E-state index in [1.807, 2.05) is 0 Å². The smallest absolute Gasteiger partial charge is 0.232 e. The molecule has 1 aliphatic carbocycles. The first-order chi connectivity index (χ1) is 7.88. The molecule has 0 unspecified atom stereocenters. The van der Waals surface area contributed by atoms with Crippen LogP contribution >= 0.6 is 0 Å². The quantitative estimate of drug-likeness (QED) is 0.714. The van der Waals surface area contributed by atoms with Crippen LogP contribution in [0.2, 0.25) is 0 Å². The van der Waals surface area contributed by atoms with Gasteiger partial charge in [0.05, 0.1) is 18.5 Å². The van der Waals surface area contributed by atoms with Crippen molar-refractivity contribution < 1.29 is 4.74 Å². The fourth-order valence-corrected chi connectivity index (χ4v) is 1.40. The zero-order valence-electron chi connectivity index (χ0n) is 9.78. The third-order valence-corrected chi connectivity index (χ3v) is 2.56. The first kappa shape index (κ1) is 11.3. The monoisotopic (exact) mass is 221 g/mol. The number of aromatic nitrogens is 2. The van der Waals surface area contributed by atoms with E-state index in [-0.39, 0.29) is 0 Å². The van der Waals surface area contributed by atoms with E-state index >= 15 is 0 Å². The maximum atomic E-state index is 5.51. The Labute approximate surface area is 96.4 Å².